The number of rotatable bonds is 4. The van der Waals surface area contributed by atoms with Crippen LogP contribution in [-0.4, -0.2) is 37.3 Å². The van der Waals surface area contributed by atoms with Crippen molar-refractivity contribution in [2.24, 2.45) is 34.5 Å². The first-order chi connectivity index (χ1) is 15.9. The van der Waals surface area contributed by atoms with Gasteiger partial charge in [0.15, 0.2) is 11.4 Å². The van der Waals surface area contributed by atoms with E-state index in [1.807, 2.05) is 6.08 Å². The molecule has 4 aliphatic carbocycles. The Bertz CT molecular complexity index is 1160. The lowest BCUT2D eigenvalue weighted by Crippen LogP contribution is -2.51. The summed E-state index contributed by atoms with van der Waals surface area (Å²) >= 11 is 1.51. The van der Waals surface area contributed by atoms with Crippen molar-refractivity contribution in [3.05, 3.63) is 24.3 Å². The molecule has 2 aromatic rings. The average Bonchev–Trinajstić information content (AvgIpc) is 3.42. The molecule has 7 heteroatoms. The Morgan fingerprint density at radius 3 is 2.85 bits per heavy atom. The zero-order chi connectivity index (χ0) is 22.8. The summed E-state index contributed by atoms with van der Waals surface area (Å²) in [6.45, 7) is 4.83. The number of thioether (sulfide) groups is 1. The molecule has 174 valence electrons. The molecular weight excluding hydrogens is 432 g/mol. The summed E-state index contributed by atoms with van der Waals surface area (Å²) < 4.78 is 0. The van der Waals surface area contributed by atoms with Gasteiger partial charge < -0.3 is 4.98 Å². The van der Waals surface area contributed by atoms with Gasteiger partial charge in [0, 0.05) is 12.3 Å². The third kappa shape index (κ3) is 3.25. The van der Waals surface area contributed by atoms with Crippen LogP contribution in [0.15, 0.2) is 29.3 Å². The Hall–Kier alpha value is -2.02. The first kappa shape index (κ1) is 21.5. The number of nitrogens with one attached hydrogen (secondary N) is 1. The molecule has 4 aliphatic rings. The van der Waals surface area contributed by atoms with Gasteiger partial charge in [-0.2, -0.15) is 0 Å². The first-order valence-electron chi connectivity index (χ1n) is 12.4. The van der Waals surface area contributed by atoms with E-state index >= 15 is 0 Å². The Balaban J connectivity index is 1.19. The number of hydrogen-bond acceptors (Lipinski definition) is 6. The van der Waals surface area contributed by atoms with Crippen molar-refractivity contribution in [2.45, 2.75) is 70.2 Å². The third-order valence-electron chi connectivity index (χ3n) is 9.89. The molecule has 0 bridgehead atoms. The number of aromatic amines is 1. The predicted molar refractivity (Wildman–Crippen MR) is 128 cm³/mol. The largest absolute Gasteiger partial charge is 0.341 e. The van der Waals surface area contributed by atoms with Crippen molar-refractivity contribution in [1.29, 1.82) is 0 Å². The lowest BCUT2D eigenvalue weighted by atomic mass is 9.46. The number of imidazole rings is 1. The molecule has 2 aromatic heterocycles. The van der Waals surface area contributed by atoms with Gasteiger partial charge in [0.1, 0.15) is 22.7 Å². The van der Waals surface area contributed by atoms with Crippen LogP contribution >= 0.6 is 11.8 Å². The molecule has 0 saturated heterocycles. The van der Waals surface area contributed by atoms with E-state index in [4.69, 9.17) is 0 Å². The van der Waals surface area contributed by atoms with E-state index in [1.54, 1.807) is 6.33 Å². The van der Waals surface area contributed by atoms with Gasteiger partial charge in [-0.15, -0.1) is 0 Å². The van der Waals surface area contributed by atoms with Crippen molar-refractivity contribution >= 4 is 34.5 Å². The number of fused-ring (bicyclic) bond motifs is 6. The number of hydrogen-bond donors (Lipinski definition) is 1. The number of H-pyrrole nitrogens is 1. The van der Waals surface area contributed by atoms with Crippen LogP contribution in [0.3, 0.4) is 0 Å². The Morgan fingerprint density at radius 2 is 1.97 bits per heavy atom. The van der Waals surface area contributed by atoms with Crippen LogP contribution in [-0.2, 0) is 9.59 Å². The van der Waals surface area contributed by atoms with Crippen LogP contribution in [0.4, 0.5) is 0 Å². The molecule has 2 heterocycles. The quantitative estimate of drug-likeness (QED) is 0.496. The Kier molecular flexibility index (Phi) is 5.05. The smallest absolute Gasteiger partial charge is 0.181 e. The molecule has 1 N–H and O–H groups in total. The number of Topliss-reactive ketones (excluding diaryl/α,β-unsaturated/α-hetero) is 1. The summed E-state index contributed by atoms with van der Waals surface area (Å²) in [4.78, 5) is 41.4. The van der Waals surface area contributed by atoms with Crippen LogP contribution in [0, 0.1) is 34.5 Å². The van der Waals surface area contributed by atoms with E-state index in [-0.39, 0.29) is 16.7 Å². The van der Waals surface area contributed by atoms with Crippen molar-refractivity contribution in [3.63, 3.8) is 0 Å². The van der Waals surface area contributed by atoms with Gasteiger partial charge in [0.25, 0.3) is 0 Å². The Labute approximate surface area is 198 Å². The SMILES string of the molecule is C[C@]12CC[C@H]3[C@@H](CCC4=CC(=O)CC[C@@]43C)[C@@H]1CC[C@@H]2C(=O)CSc1ncnc2nc[nH]c12. The number of allylic oxidation sites excluding steroid dienone is 1. The monoisotopic (exact) mass is 464 g/mol. The number of carbonyl (C=O) groups excluding carboxylic acids is 2. The van der Waals surface area contributed by atoms with Crippen molar-refractivity contribution in [1.82, 2.24) is 19.9 Å². The van der Waals surface area contributed by atoms with Gasteiger partial charge in [0.2, 0.25) is 0 Å². The van der Waals surface area contributed by atoms with Gasteiger partial charge in [-0.1, -0.05) is 31.2 Å². The van der Waals surface area contributed by atoms with E-state index in [9.17, 15) is 9.59 Å². The van der Waals surface area contributed by atoms with E-state index in [0.29, 0.717) is 47.1 Å². The summed E-state index contributed by atoms with van der Waals surface area (Å²) in [6, 6.07) is 0. The van der Waals surface area contributed by atoms with E-state index in [0.717, 1.165) is 36.2 Å². The van der Waals surface area contributed by atoms with E-state index in [2.05, 4.69) is 33.8 Å². The summed E-state index contributed by atoms with van der Waals surface area (Å²) in [5.41, 5.74) is 3.18. The molecule has 6 nitrogen and oxygen atoms in total. The molecule has 0 amide bonds. The van der Waals surface area contributed by atoms with Gasteiger partial charge in [-0.05, 0) is 79.6 Å². The molecule has 0 aromatic carbocycles. The normalized spacial score (nSPS) is 37.9. The minimum absolute atomic E-state index is 0.107. The van der Waals surface area contributed by atoms with Crippen LogP contribution in [0.25, 0.3) is 11.2 Å². The number of ketones is 2. The molecule has 0 aliphatic heterocycles. The molecular formula is C26H32N4O2S. The predicted octanol–water partition coefficient (Wildman–Crippen LogP) is 5.16. The van der Waals surface area contributed by atoms with E-state index in [1.165, 1.54) is 42.9 Å². The Morgan fingerprint density at radius 1 is 1.09 bits per heavy atom. The zero-order valence-corrected chi connectivity index (χ0v) is 20.3. The van der Waals surface area contributed by atoms with Crippen LogP contribution < -0.4 is 0 Å². The minimum Gasteiger partial charge on any atom is -0.341 e. The highest BCUT2D eigenvalue weighted by atomic mass is 32.2. The van der Waals surface area contributed by atoms with E-state index < -0.39 is 0 Å². The van der Waals surface area contributed by atoms with Crippen molar-refractivity contribution in [3.8, 4) is 0 Å². The maximum absolute atomic E-state index is 13.5. The summed E-state index contributed by atoms with van der Waals surface area (Å²) in [6.07, 6.45) is 13.6. The molecule has 0 spiro atoms. The van der Waals surface area contributed by atoms with Crippen LogP contribution in [0.2, 0.25) is 0 Å². The fraction of sp³-hybridized carbons (Fsp3) is 0.654. The number of carbonyl (C=O) groups is 2. The number of aromatic nitrogens is 4. The average molecular weight is 465 g/mol. The van der Waals surface area contributed by atoms with Gasteiger partial charge in [-0.25, -0.2) is 15.0 Å². The van der Waals surface area contributed by atoms with Gasteiger partial charge in [-0.3, -0.25) is 9.59 Å². The van der Waals surface area contributed by atoms with Crippen LogP contribution in [0.1, 0.15) is 65.2 Å². The summed E-state index contributed by atoms with van der Waals surface area (Å²) in [5, 5.41) is 0.806. The summed E-state index contributed by atoms with van der Waals surface area (Å²) in [5.74, 6) is 3.29. The summed E-state index contributed by atoms with van der Waals surface area (Å²) in [7, 11) is 0. The molecule has 6 rings (SSSR count). The molecule has 0 radical (unpaired) electrons. The maximum Gasteiger partial charge on any atom is 0.181 e. The standard InChI is InChI=1S/C26H32N4O2S/c1-25-9-7-16(31)11-15(25)3-4-17-18-5-6-20(26(18,2)10-8-19(17)25)21(32)12-33-24-22-23(28-13-27-22)29-14-30-24/h11,13-14,17-20H,3-10,12H2,1-2H3,(H,27,28,29,30)/t17-,18-,19-,20+,25-,26-/m0/s1. The van der Waals surface area contributed by atoms with Gasteiger partial charge in [0.05, 0.1) is 12.1 Å². The molecule has 3 fully saturated rings. The molecule has 6 atom stereocenters. The molecule has 0 unspecified atom stereocenters. The lowest BCUT2D eigenvalue weighted by molar-refractivity contribution is -0.128. The maximum atomic E-state index is 13.5. The highest BCUT2D eigenvalue weighted by Crippen LogP contribution is 2.66. The van der Waals surface area contributed by atoms with Gasteiger partial charge >= 0.3 is 0 Å². The number of nitrogens with zero attached hydrogens (tertiary/aromatic N) is 3. The van der Waals surface area contributed by atoms with Crippen molar-refractivity contribution in [2.75, 3.05) is 5.75 Å². The second kappa shape index (κ2) is 7.76. The second-order valence-corrected chi connectivity index (χ2v) is 12.1. The molecule has 3 saturated carbocycles. The highest BCUT2D eigenvalue weighted by molar-refractivity contribution is 8.00. The fourth-order valence-corrected chi connectivity index (χ4v) is 9.08. The topological polar surface area (TPSA) is 88.6 Å². The fourth-order valence-electron chi connectivity index (χ4n) is 8.18. The lowest BCUT2D eigenvalue weighted by Gasteiger charge is -2.58. The third-order valence-corrected chi connectivity index (χ3v) is 10.9. The molecule has 33 heavy (non-hydrogen) atoms. The second-order valence-electron chi connectivity index (χ2n) is 11.2. The van der Waals surface area contributed by atoms with Crippen LogP contribution in [0.5, 0.6) is 0 Å². The van der Waals surface area contributed by atoms with Crippen molar-refractivity contribution < 1.29 is 9.59 Å². The minimum atomic E-state index is 0.107. The first-order valence-corrected chi connectivity index (χ1v) is 13.4. The zero-order valence-electron chi connectivity index (χ0n) is 19.5. The highest BCUT2D eigenvalue weighted by Gasteiger charge is 2.59.